The average Bonchev–Trinajstić information content (AvgIpc) is 3.36. The molecule has 190 valence electrons. The third-order valence-corrected chi connectivity index (χ3v) is 8.69. The van der Waals surface area contributed by atoms with Crippen LogP contribution in [0.1, 0.15) is 72.1 Å². The Kier molecular flexibility index (Phi) is 6.86. The summed E-state index contributed by atoms with van der Waals surface area (Å²) in [5.41, 5.74) is -2.15. The summed E-state index contributed by atoms with van der Waals surface area (Å²) < 4.78 is 6.50. The van der Waals surface area contributed by atoms with Crippen molar-refractivity contribution in [1.29, 1.82) is 0 Å². The zero-order valence-electron chi connectivity index (χ0n) is 20.7. The Balaban J connectivity index is 1.80. The maximum atomic E-state index is 14.4. The Morgan fingerprint density at radius 2 is 1.94 bits per heavy atom. The highest BCUT2D eigenvalue weighted by Crippen LogP contribution is 2.63. The van der Waals surface area contributed by atoms with Crippen LogP contribution in [-0.2, 0) is 19.1 Å². The van der Waals surface area contributed by atoms with E-state index in [-0.39, 0.29) is 30.4 Å². The van der Waals surface area contributed by atoms with Crippen LogP contribution in [-0.4, -0.2) is 80.3 Å². The van der Waals surface area contributed by atoms with Crippen molar-refractivity contribution in [2.24, 2.45) is 17.8 Å². The summed E-state index contributed by atoms with van der Waals surface area (Å²) in [6, 6.07) is -1.44. The molecule has 4 rings (SSSR count). The smallest absolute Gasteiger partial charge is 0.310 e. The second-order valence-electron chi connectivity index (χ2n) is 11.3. The Bertz CT molecular complexity index is 839. The van der Waals surface area contributed by atoms with E-state index in [9.17, 15) is 24.6 Å². The number of fused-ring (bicyclic) bond motifs is 1. The van der Waals surface area contributed by atoms with Crippen molar-refractivity contribution < 1.29 is 29.3 Å². The average molecular weight is 477 g/mol. The van der Waals surface area contributed by atoms with Crippen molar-refractivity contribution in [3.05, 3.63) is 12.7 Å². The lowest BCUT2D eigenvalue weighted by molar-refractivity contribution is -0.160. The molecule has 6 atom stereocenters. The number of carbonyl (C=O) groups excluding carboxylic acids is 2. The molecule has 4 aliphatic rings. The highest BCUT2D eigenvalue weighted by atomic mass is 16.5. The number of carboxylic acids is 1. The van der Waals surface area contributed by atoms with Crippen LogP contribution in [0.15, 0.2) is 12.7 Å². The van der Waals surface area contributed by atoms with Crippen LogP contribution < -0.4 is 0 Å². The van der Waals surface area contributed by atoms with E-state index in [1.165, 1.54) is 4.90 Å². The van der Waals surface area contributed by atoms with E-state index in [0.29, 0.717) is 25.8 Å². The van der Waals surface area contributed by atoms with E-state index in [0.717, 1.165) is 32.1 Å². The second-order valence-corrected chi connectivity index (χ2v) is 11.3. The van der Waals surface area contributed by atoms with Crippen LogP contribution in [0, 0.1) is 17.8 Å². The lowest BCUT2D eigenvalue weighted by Crippen LogP contribution is -2.60. The Morgan fingerprint density at radius 3 is 2.50 bits per heavy atom. The van der Waals surface area contributed by atoms with Crippen molar-refractivity contribution in [2.45, 2.75) is 101 Å². The van der Waals surface area contributed by atoms with Gasteiger partial charge >= 0.3 is 5.97 Å². The molecule has 2 bridgehead atoms. The first-order chi connectivity index (χ1) is 16.1. The van der Waals surface area contributed by atoms with Gasteiger partial charge in [0.1, 0.15) is 11.6 Å². The molecule has 0 aromatic heterocycles. The number of likely N-dealkylation sites (tertiary alicyclic amines) is 1. The number of hydrogen-bond donors (Lipinski definition) is 2. The van der Waals surface area contributed by atoms with E-state index in [1.807, 2.05) is 18.7 Å². The van der Waals surface area contributed by atoms with Crippen molar-refractivity contribution in [1.82, 2.24) is 9.80 Å². The van der Waals surface area contributed by atoms with E-state index < -0.39 is 41.1 Å². The highest BCUT2D eigenvalue weighted by Gasteiger charge is 2.79. The normalized spacial score (nSPS) is 36.1. The summed E-state index contributed by atoms with van der Waals surface area (Å²) in [4.78, 5) is 44.1. The van der Waals surface area contributed by atoms with Gasteiger partial charge in [-0.3, -0.25) is 14.4 Å². The van der Waals surface area contributed by atoms with Gasteiger partial charge in [-0.05, 0) is 44.9 Å². The molecule has 3 heterocycles. The number of aliphatic carboxylic acids is 1. The fraction of sp³-hybridized carbons (Fsp3) is 0.808. The van der Waals surface area contributed by atoms with E-state index in [2.05, 4.69) is 6.58 Å². The van der Waals surface area contributed by atoms with Crippen molar-refractivity contribution in [2.75, 3.05) is 13.2 Å². The number of nitrogens with zero attached hydrogens (tertiary/aromatic N) is 2. The van der Waals surface area contributed by atoms with Gasteiger partial charge < -0.3 is 24.7 Å². The highest BCUT2D eigenvalue weighted by molar-refractivity contribution is 5.98. The molecule has 8 nitrogen and oxygen atoms in total. The monoisotopic (exact) mass is 476 g/mol. The second kappa shape index (κ2) is 9.26. The molecule has 1 spiro atoms. The number of amides is 2. The molecule has 0 aromatic rings. The predicted molar refractivity (Wildman–Crippen MR) is 126 cm³/mol. The van der Waals surface area contributed by atoms with Crippen LogP contribution in [0.2, 0.25) is 0 Å². The SMILES string of the molecule is C=CCN(C(=O)C1N([C@@H](CO)CC(C)C)C(=O)[C@@H]2[C@@H](C(=O)O)[C@@]3(C)CCC12O3)C1CCCCC1. The maximum absolute atomic E-state index is 14.4. The molecule has 4 fully saturated rings. The fourth-order valence-corrected chi connectivity index (χ4v) is 7.34. The first-order valence-corrected chi connectivity index (χ1v) is 12.9. The Hall–Kier alpha value is -1.93. The van der Waals surface area contributed by atoms with E-state index in [1.54, 1.807) is 13.0 Å². The number of rotatable bonds is 9. The number of hydrogen-bond acceptors (Lipinski definition) is 5. The number of carboxylic acid groups (broad SMARTS) is 1. The molecule has 0 aromatic carbocycles. The van der Waals surface area contributed by atoms with Crippen molar-refractivity contribution in [3.8, 4) is 0 Å². The lowest BCUT2D eigenvalue weighted by atomic mass is 9.66. The minimum absolute atomic E-state index is 0.0637. The zero-order valence-corrected chi connectivity index (χ0v) is 20.7. The quantitative estimate of drug-likeness (QED) is 0.496. The summed E-state index contributed by atoms with van der Waals surface area (Å²) >= 11 is 0. The molecule has 1 saturated carbocycles. The van der Waals surface area contributed by atoms with Gasteiger partial charge in [-0.2, -0.15) is 0 Å². The standard InChI is InChI=1S/C26H40N2O6/c1-5-13-27(17-9-7-6-8-10-17)23(31)21-26-12-11-25(4,34-26)20(24(32)33)19(26)22(30)28(21)18(15-29)14-16(2)3/h5,16-21,29H,1,6-15H2,2-4H3,(H,32,33)/t18-,19+,20+,21?,25-,26?/m1/s1. The van der Waals surface area contributed by atoms with Crippen molar-refractivity contribution in [3.63, 3.8) is 0 Å². The van der Waals surface area contributed by atoms with Crippen LogP contribution in [0.3, 0.4) is 0 Å². The largest absolute Gasteiger partial charge is 0.481 e. The molecular weight excluding hydrogens is 436 g/mol. The molecule has 2 N–H and O–H groups in total. The first kappa shape index (κ1) is 25.2. The van der Waals surface area contributed by atoms with Gasteiger partial charge in [0.05, 0.1) is 30.1 Å². The predicted octanol–water partition coefficient (Wildman–Crippen LogP) is 2.59. The summed E-state index contributed by atoms with van der Waals surface area (Å²) in [5.74, 6) is -3.36. The lowest BCUT2D eigenvalue weighted by Gasteiger charge is -2.42. The molecule has 34 heavy (non-hydrogen) atoms. The van der Waals surface area contributed by atoms with Gasteiger partial charge in [0, 0.05) is 12.6 Å². The minimum atomic E-state index is -1.18. The number of aliphatic hydroxyl groups excluding tert-OH is 1. The molecule has 2 unspecified atom stereocenters. The maximum Gasteiger partial charge on any atom is 0.310 e. The van der Waals surface area contributed by atoms with Gasteiger partial charge in [-0.25, -0.2) is 0 Å². The Morgan fingerprint density at radius 1 is 1.26 bits per heavy atom. The summed E-state index contributed by atoms with van der Waals surface area (Å²) in [6.07, 6.45) is 8.25. The Labute approximate surface area is 202 Å². The minimum Gasteiger partial charge on any atom is -0.481 e. The third kappa shape index (κ3) is 3.77. The molecular formula is C26H40N2O6. The molecule has 0 radical (unpaired) electrons. The van der Waals surface area contributed by atoms with Crippen molar-refractivity contribution >= 4 is 17.8 Å². The van der Waals surface area contributed by atoms with E-state index in [4.69, 9.17) is 4.74 Å². The van der Waals surface area contributed by atoms with E-state index >= 15 is 0 Å². The first-order valence-electron chi connectivity index (χ1n) is 12.9. The molecule has 2 amide bonds. The molecule has 8 heteroatoms. The van der Waals surface area contributed by atoms with Gasteiger partial charge in [-0.1, -0.05) is 39.2 Å². The molecule has 3 aliphatic heterocycles. The summed E-state index contributed by atoms with van der Waals surface area (Å²) in [7, 11) is 0. The van der Waals surface area contributed by atoms with Gasteiger partial charge in [0.2, 0.25) is 11.8 Å². The van der Waals surface area contributed by atoms with Crippen LogP contribution in [0.25, 0.3) is 0 Å². The topological polar surface area (TPSA) is 107 Å². The van der Waals surface area contributed by atoms with Gasteiger partial charge in [0.25, 0.3) is 0 Å². The van der Waals surface area contributed by atoms with Crippen LogP contribution in [0.5, 0.6) is 0 Å². The van der Waals surface area contributed by atoms with Crippen LogP contribution >= 0.6 is 0 Å². The summed E-state index contributed by atoms with van der Waals surface area (Å²) in [6.45, 7) is 9.73. The van der Waals surface area contributed by atoms with Gasteiger partial charge in [0.15, 0.2) is 0 Å². The zero-order chi connectivity index (χ0) is 24.8. The number of carbonyl (C=O) groups is 3. The third-order valence-electron chi connectivity index (χ3n) is 8.69. The van der Waals surface area contributed by atoms with Crippen LogP contribution in [0.4, 0.5) is 0 Å². The number of ether oxygens (including phenoxy) is 1. The van der Waals surface area contributed by atoms with Gasteiger partial charge in [-0.15, -0.1) is 6.58 Å². The fourth-order valence-electron chi connectivity index (χ4n) is 7.34. The molecule has 1 aliphatic carbocycles. The molecule has 3 saturated heterocycles. The summed E-state index contributed by atoms with van der Waals surface area (Å²) in [5, 5.41) is 20.4. The number of aliphatic hydroxyl groups is 1.